The summed E-state index contributed by atoms with van der Waals surface area (Å²) in [5.74, 6) is -1.03. The highest BCUT2D eigenvalue weighted by atomic mass is 16.5. The molecule has 2 N–H and O–H groups in total. The Kier molecular flexibility index (Phi) is 7.17. The van der Waals surface area contributed by atoms with E-state index in [4.69, 9.17) is 19.7 Å². The van der Waals surface area contributed by atoms with Gasteiger partial charge in [-0.15, -0.1) is 0 Å². The minimum atomic E-state index is -0.833. The quantitative estimate of drug-likeness (QED) is 0.790. The van der Waals surface area contributed by atoms with Crippen LogP contribution in [-0.2, 0) is 9.53 Å². The van der Waals surface area contributed by atoms with Gasteiger partial charge in [0.15, 0.2) is 0 Å². The van der Waals surface area contributed by atoms with Gasteiger partial charge in [0.2, 0.25) is 0 Å². The summed E-state index contributed by atoms with van der Waals surface area (Å²) in [5, 5.41) is 16.4. The van der Waals surface area contributed by atoms with Crippen molar-refractivity contribution >= 4 is 11.9 Å². The normalized spacial score (nSPS) is 8.82. The molecule has 0 saturated heterocycles. The molecule has 5 nitrogen and oxygen atoms in total. The molecular weight excluding hydrogens is 224 g/mol. The molecule has 1 aromatic rings. The summed E-state index contributed by atoms with van der Waals surface area (Å²) in [7, 11) is 0. The first-order valence-corrected chi connectivity index (χ1v) is 5.13. The van der Waals surface area contributed by atoms with Gasteiger partial charge in [-0.3, -0.25) is 4.79 Å². The van der Waals surface area contributed by atoms with E-state index in [1.165, 1.54) is 24.3 Å². The first-order valence-electron chi connectivity index (χ1n) is 5.13. The molecule has 0 aliphatic carbocycles. The summed E-state index contributed by atoms with van der Waals surface area (Å²) < 4.78 is 4.90. The minimum Gasteiger partial charge on any atom is -0.508 e. The maximum atomic E-state index is 11.2. The van der Waals surface area contributed by atoms with Crippen molar-refractivity contribution in [1.82, 2.24) is 0 Å². The maximum absolute atomic E-state index is 11.2. The van der Waals surface area contributed by atoms with E-state index in [9.17, 15) is 4.79 Å². The van der Waals surface area contributed by atoms with Crippen LogP contribution in [0.25, 0.3) is 0 Å². The van der Waals surface area contributed by atoms with Gasteiger partial charge in [0.1, 0.15) is 5.75 Å². The van der Waals surface area contributed by atoms with Crippen molar-refractivity contribution in [3.05, 3.63) is 29.8 Å². The Hall–Kier alpha value is -2.04. The lowest BCUT2D eigenvalue weighted by atomic mass is 10.2. The molecule has 0 saturated carbocycles. The van der Waals surface area contributed by atoms with Crippen molar-refractivity contribution in [1.29, 1.82) is 0 Å². The Morgan fingerprint density at radius 2 is 1.71 bits per heavy atom. The van der Waals surface area contributed by atoms with Gasteiger partial charge in [0, 0.05) is 6.92 Å². The molecule has 0 radical (unpaired) electrons. The fourth-order valence-corrected chi connectivity index (χ4v) is 0.876. The molecule has 0 fully saturated rings. The molecule has 0 heterocycles. The molecule has 0 unspecified atom stereocenters. The molecule has 0 amide bonds. The third-order valence-corrected chi connectivity index (χ3v) is 1.54. The van der Waals surface area contributed by atoms with E-state index in [1.54, 1.807) is 0 Å². The van der Waals surface area contributed by atoms with E-state index >= 15 is 0 Å². The van der Waals surface area contributed by atoms with Crippen LogP contribution in [0.5, 0.6) is 5.75 Å². The average Bonchev–Trinajstić information content (AvgIpc) is 2.26. The molecule has 94 valence electrons. The fraction of sp³-hybridized carbons (Fsp3) is 0.333. The van der Waals surface area contributed by atoms with E-state index < -0.39 is 5.97 Å². The highest BCUT2D eigenvalue weighted by Gasteiger charge is 2.05. The number of carbonyl (C=O) groups excluding carboxylic acids is 1. The Balaban J connectivity index is 0.000000557. The zero-order valence-electron chi connectivity index (χ0n) is 9.84. The van der Waals surface area contributed by atoms with Crippen molar-refractivity contribution in [2.75, 3.05) is 6.61 Å². The summed E-state index contributed by atoms with van der Waals surface area (Å²) in [6, 6.07) is 5.99. The molecule has 0 aromatic heterocycles. The number of phenolic OH excluding ortho intramolecular Hbond substituents is 1. The highest BCUT2D eigenvalue weighted by Crippen LogP contribution is 2.10. The number of carbonyl (C=O) groups is 2. The van der Waals surface area contributed by atoms with Gasteiger partial charge in [-0.25, -0.2) is 4.79 Å². The summed E-state index contributed by atoms with van der Waals surface area (Å²) in [4.78, 5) is 20.2. The van der Waals surface area contributed by atoms with Crippen LogP contribution in [0.4, 0.5) is 0 Å². The number of rotatable bonds is 3. The van der Waals surface area contributed by atoms with Crippen molar-refractivity contribution in [3.63, 3.8) is 0 Å². The maximum Gasteiger partial charge on any atom is 0.338 e. The number of hydrogen-bond acceptors (Lipinski definition) is 4. The predicted octanol–water partition coefficient (Wildman–Crippen LogP) is 2.05. The van der Waals surface area contributed by atoms with E-state index in [2.05, 4.69) is 0 Å². The van der Waals surface area contributed by atoms with E-state index in [1.807, 2.05) is 6.92 Å². The number of phenols is 1. The van der Waals surface area contributed by atoms with Gasteiger partial charge < -0.3 is 14.9 Å². The van der Waals surface area contributed by atoms with Crippen LogP contribution in [0.15, 0.2) is 24.3 Å². The number of carboxylic acid groups (broad SMARTS) is 1. The Morgan fingerprint density at radius 1 is 1.24 bits per heavy atom. The van der Waals surface area contributed by atoms with Crippen LogP contribution in [0, 0.1) is 0 Å². The van der Waals surface area contributed by atoms with E-state index in [0.29, 0.717) is 12.2 Å². The Morgan fingerprint density at radius 3 is 2.12 bits per heavy atom. The molecule has 0 aliphatic rings. The number of ether oxygens (including phenoxy) is 1. The topological polar surface area (TPSA) is 83.8 Å². The second kappa shape index (κ2) is 8.15. The lowest BCUT2D eigenvalue weighted by Gasteiger charge is -2.02. The van der Waals surface area contributed by atoms with Gasteiger partial charge >= 0.3 is 5.97 Å². The first-order chi connectivity index (χ1) is 7.97. The van der Waals surface area contributed by atoms with Crippen LogP contribution in [0.2, 0.25) is 0 Å². The number of benzene rings is 1. The number of aromatic hydroxyl groups is 1. The summed E-state index contributed by atoms with van der Waals surface area (Å²) in [6.45, 7) is 3.45. The second-order valence-electron chi connectivity index (χ2n) is 3.20. The van der Waals surface area contributed by atoms with Gasteiger partial charge in [-0.2, -0.15) is 0 Å². The van der Waals surface area contributed by atoms with Crippen molar-refractivity contribution < 1.29 is 24.5 Å². The van der Waals surface area contributed by atoms with Crippen LogP contribution >= 0.6 is 0 Å². The summed E-state index contributed by atoms with van der Waals surface area (Å²) in [6.07, 6.45) is 0.809. The van der Waals surface area contributed by atoms with Crippen LogP contribution in [0.3, 0.4) is 0 Å². The largest absolute Gasteiger partial charge is 0.508 e. The minimum absolute atomic E-state index is 0.145. The van der Waals surface area contributed by atoms with Crippen molar-refractivity contribution in [2.24, 2.45) is 0 Å². The average molecular weight is 240 g/mol. The monoisotopic (exact) mass is 240 g/mol. The number of carboxylic acids is 1. The molecule has 0 aliphatic heterocycles. The van der Waals surface area contributed by atoms with Gasteiger partial charge in [0.05, 0.1) is 12.2 Å². The fourth-order valence-electron chi connectivity index (χ4n) is 0.876. The molecule has 5 heteroatoms. The smallest absolute Gasteiger partial charge is 0.338 e. The molecule has 0 atom stereocenters. The van der Waals surface area contributed by atoms with Gasteiger partial charge in [0.25, 0.3) is 5.97 Å². The van der Waals surface area contributed by atoms with Crippen molar-refractivity contribution in [2.45, 2.75) is 20.3 Å². The van der Waals surface area contributed by atoms with Gasteiger partial charge in [-0.1, -0.05) is 6.92 Å². The standard InChI is InChI=1S/C10H12O3.C2H4O2/c1-2-7-13-10(12)8-3-5-9(11)6-4-8;1-2(3)4/h3-6,11H,2,7H2,1H3;1H3,(H,3,4). The molecular formula is C12H16O5. The Bertz CT molecular complexity index is 352. The number of hydrogen-bond donors (Lipinski definition) is 2. The van der Waals surface area contributed by atoms with Crippen LogP contribution in [-0.4, -0.2) is 28.8 Å². The lowest BCUT2D eigenvalue weighted by Crippen LogP contribution is -2.05. The second-order valence-corrected chi connectivity index (χ2v) is 3.20. The molecule has 17 heavy (non-hydrogen) atoms. The summed E-state index contributed by atoms with van der Waals surface area (Å²) in [5.41, 5.74) is 0.464. The van der Waals surface area contributed by atoms with E-state index in [-0.39, 0.29) is 11.7 Å². The zero-order chi connectivity index (χ0) is 13.3. The number of aliphatic carboxylic acids is 1. The third-order valence-electron chi connectivity index (χ3n) is 1.54. The molecule has 1 aromatic carbocycles. The first kappa shape index (κ1) is 15.0. The SMILES string of the molecule is CC(=O)O.CCCOC(=O)c1ccc(O)cc1. The highest BCUT2D eigenvalue weighted by molar-refractivity contribution is 5.89. The molecule has 0 spiro atoms. The van der Waals surface area contributed by atoms with Crippen LogP contribution in [0.1, 0.15) is 30.6 Å². The molecule has 1 rings (SSSR count). The third kappa shape index (κ3) is 7.84. The van der Waals surface area contributed by atoms with Gasteiger partial charge in [-0.05, 0) is 30.7 Å². The van der Waals surface area contributed by atoms with E-state index in [0.717, 1.165) is 13.3 Å². The van der Waals surface area contributed by atoms with Crippen LogP contribution < -0.4 is 0 Å². The Labute approximate surface area is 99.7 Å². The summed E-state index contributed by atoms with van der Waals surface area (Å²) >= 11 is 0. The predicted molar refractivity (Wildman–Crippen MR) is 62.0 cm³/mol. The lowest BCUT2D eigenvalue weighted by molar-refractivity contribution is -0.134. The van der Waals surface area contributed by atoms with Crippen molar-refractivity contribution in [3.8, 4) is 5.75 Å². The number of esters is 1. The zero-order valence-corrected chi connectivity index (χ0v) is 9.84. The molecule has 0 bridgehead atoms.